The predicted octanol–water partition coefficient (Wildman–Crippen LogP) is 0.0290. The molecule has 0 amide bonds. The summed E-state index contributed by atoms with van der Waals surface area (Å²) in [6.45, 7) is 5.67. The molecule has 0 aromatic carbocycles. The summed E-state index contributed by atoms with van der Waals surface area (Å²) < 4.78 is 4.81. The summed E-state index contributed by atoms with van der Waals surface area (Å²) >= 11 is 0. The van der Waals surface area contributed by atoms with Crippen molar-refractivity contribution < 1.29 is 24.5 Å². The Labute approximate surface area is 89.0 Å². The number of hydrogen-bond acceptors (Lipinski definition) is 5. The summed E-state index contributed by atoms with van der Waals surface area (Å²) in [5.74, 6) is -1.99. The number of esters is 1. The molecule has 3 unspecified atom stereocenters. The van der Waals surface area contributed by atoms with Gasteiger partial charge in [-0.2, -0.15) is 0 Å². The van der Waals surface area contributed by atoms with Crippen LogP contribution in [0.25, 0.3) is 0 Å². The van der Waals surface area contributed by atoms with E-state index in [1.54, 1.807) is 6.92 Å². The molecule has 0 aromatic rings. The van der Waals surface area contributed by atoms with Gasteiger partial charge in [-0.15, -0.1) is 0 Å². The quantitative estimate of drug-likeness (QED) is 0.502. The Morgan fingerprint density at radius 1 is 1.40 bits per heavy atom. The molecule has 0 aromatic heterocycles. The molecule has 2 N–H and O–H groups in total. The predicted molar refractivity (Wildman–Crippen MR) is 53.2 cm³/mol. The summed E-state index contributed by atoms with van der Waals surface area (Å²) in [6, 6.07) is 0. The number of rotatable bonds is 5. The highest BCUT2D eigenvalue weighted by Crippen LogP contribution is 2.12. The third-order valence-corrected chi connectivity index (χ3v) is 2.14. The Balaban J connectivity index is 4.59. The van der Waals surface area contributed by atoms with Crippen molar-refractivity contribution in [2.24, 2.45) is 0 Å². The van der Waals surface area contributed by atoms with E-state index in [1.165, 1.54) is 6.92 Å². The van der Waals surface area contributed by atoms with Gasteiger partial charge in [-0.05, 0) is 27.2 Å². The van der Waals surface area contributed by atoms with Crippen LogP contribution in [0, 0.1) is 0 Å². The maximum atomic E-state index is 11.4. The zero-order valence-electron chi connectivity index (χ0n) is 9.48. The first-order chi connectivity index (χ1) is 6.73. The Kier molecular flexibility index (Phi) is 4.90. The van der Waals surface area contributed by atoms with E-state index >= 15 is 0 Å². The normalized spacial score (nSPS) is 18.8. The molecule has 3 atom stereocenters. The van der Waals surface area contributed by atoms with Crippen LogP contribution in [0.15, 0.2) is 0 Å². The molecule has 0 saturated heterocycles. The average molecular weight is 218 g/mol. The zero-order valence-corrected chi connectivity index (χ0v) is 9.48. The first kappa shape index (κ1) is 14.1. The number of ketones is 1. The van der Waals surface area contributed by atoms with Gasteiger partial charge in [0.2, 0.25) is 11.4 Å². The molecular weight excluding hydrogens is 200 g/mol. The van der Waals surface area contributed by atoms with Crippen LogP contribution in [0.4, 0.5) is 0 Å². The molecule has 5 heteroatoms. The highest BCUT2D eigenvalue weighted by atomic mass is 16.6. The monoisotopic (exact) mass is 218 g/mol. The highest BCUT2D eigenvalue weighted by molar-refractivity contribution is 6.08. The van der Waals surface area contributed by atoms with Gasteiger partial charge in [0.1, 0.15) is 6.10 Å². The van der Waals surface area contributed by atoms with Crippen molar-refractivity contribution in [1.29, 1.82) is 0 Å². The van der Waals surface area contributed by atoms with Crippen LogP contribution in [0.2, 0.25) is 0 Å². The van der Waals surface area contributed by atoms with Gasteiger partial charge in [0.05, 0.1) is 6.10 Å². The topological polar surface area (TPSA) is 83.8 Å². The lowest BCUT2D eigenvalue weighted by atomic mass is 9.97. The molecule has 0 fully saturated rings. The number of ether oxygens (including phenoxy) is 1. The fourth-order valence-electron chi connectivity index (χ4n) is 0.888. The molecule has 15 heavy (non-hydrogen) atoms. The first-order valence-electron chi connectivity index (χ1n) is 4.89. The van der Waals surface area contributed by atoms with E-state index in [0.29, 0.717) is 6.42 Å². The average Bonchev–Trinajstić information content (AvgIpc) is 2.15. The van der Waals surface area contributed by atoms with Gasteiger partial charge in [-0.1, -0.05) is 6.92 Å². The fourth-order valence-corrected chi connectivity index (χ4v) is 0.888. The minimum absolute atomic E-state index is 0.370. The number of carbonyl (C=O) groups excluding carboxylic acids is 2. The summed E-state index contributed by atoms with van der Waals surface area (Å²) in [5, 5.41) is 18.6. The van der Waals surface area contributed by atoms with Gasteiger partial charge < -0.3 is 14.9 Å². The van der Waals surface area contributed by atoms with Gasteiger partial charge in [-0.3, -0.25) is 4.79 Å². The summed E-state index contributed by atoms with van der Waals surface area (Å²) in [4.78, 5) is 22.7. The van der Waals surface area contributed by atoms with Gasteiger partial charge in [0.25, 0.3) is 0 Å². The van der Waals surface area contributed by atoms with Gasteiger partial charge in [0, 0.05) is 0 Å². The van der Waals surface area contributed by atoms with E-state index in [2.05, 4.69) is 0 Å². The molecule has 0 bridgehead atoms. The Morgan fingerprint density at radius 2 is 1.87 bits per heavy atom. The van der Waals surface area contributed by atoms with E-state index in [9.17, 15) is 14.7 Å². The van der Waals surface area contributed by atoms with Crippen molar-refractivity contribution in [3.05, 3.63) is 0 Å². The molecular formula is C10H18O5. The molecule has 88 valence electrons. The van der Waals surface area contributed by atoms with E-state index in [1.807, 2.05) is 6.92 Å². The van der Waals surface area contributed by atoms with Crippen molar-refractivity contribution in [2.75, 3.05) is 0 Å². The van der Waals surface area contributed by atoms with Crippen LogP contribution in [0.1, 0.15) is 34.1 Å². The second-order valence-electron chi connectivity index (χ2n) is 3.74. The zero-order chi connectivity index (χ0) is 12.2. The molecule has 0 aliphatic rings. The van der Waals surface area contributed by atoms with Crippen LogP contribution in [0.5, 0.6) is 0 Å². The largest absolute Gasteiger partial charge is 0.460 e. The number of aliphatic hydroxyl groups is 2. The maximum absolute atomic E-state index is 11.4. The van der Waals surface area contributed by atoms with E-state index in [0.717, 1.165) is 6.92 Å². The third kappa shape index (κ3) is 3.60. The van der Waals surface area contributed by atoms with Crippen LogP contribution in [0.3, 0.4) is 0 Å². The van der Waals surface area contributed by atoms with Crippen molar-refractivity contribution in [2.45, 2.75) is 51.9 Å². The van der Waals surface area contributed by atoms with Crippen LogP contribution < -0.4 is 0 Å². The first-order valence-corrected chi connectivity index (χ1v) is 4.89. The fraction of sp³-hybridized carbons (Fsp3) is 0.800. The molecule has 0 aliphatic carbocycles. The Morgan fingerprint density at radius 3 is 2.20 bits per heavy atom. The van der Waals surface area contributed by atoms with Crippen LogP contribution >= 0.6 is 0 Å². The Bertz CT molecular complexity index is 244. The summed E-state index contributed by atoms with van der Waals surface area (Å²) in [5.41, 5.74) is -2.28. The van der Waals surface area contributed by atoms with Crippen molar-refractivity contribution in [3.63, 3.8) is 0 Å². The molecule has 0 radical (unpaired) electrons. The number of hydrogen-bond donors (Lipinski definition) is 2. The minimum Gasteiger partial charge on any atom is -0.460 e. The van der Waals surface area contributed by atoms with Crippen LogP contribution in [-0.4, -0.2) is 39.8 Å². The standard InChI is InChI=1S/C10H18O5/c1-5-6(2)15-9(13)10(4,14)8(12)7(3)11/h6-7,11,14H,5H2,1-4H3. The molecule has 0 heterocycles. The second-order valence-corrected chi connectivity index (χ2v) is 3.74. The van der Waals surface area contributed by atoms with Gasteiger partial charge in [0.15, 0.2) is 0 Å². The van der Waals surface area contributed by atoms with Crippen molar-refractivity contribution >= 4 is 11.8 Å². The van der Waals surface area contributed by atoms with Gasteiger partial charge in [-0.25, -0.2) is 4.79 Å². The smallest absolute Gasteiger partial charge is 0.346 e. The van der Waals surface area contributed by atoms with E-state index in [4.69, 9.17) is 9.84 Å². The van der Waals surface area contributed by atoms with E-state index < -0.39 is 23.5 Å². The number of carbonyl (C=O) groups is 2. The second kappa shape index (κ2) is 5.23. The molecule has 0 saturated carbocycles. The summed E-state index contributed by atoms with van der Waals surface area (Å²) in [7, 11) is 0. The third-order valence-electron chi connectivity index (χ3n) is 2.14. The lowest BCUT2D eigenvalue weighted by molar-refractivity contribution is -0.175. The molecule has 0 rings (SSSR count). The Hall–Kier alpha value is -0.940. The van der Waals surface area contributed by atoms with Gasteiger partial charge >= 0.3 is 5.97 Å². The highest BCUT2D eigenvalue weighted by Gasteiger charge is 2.42. The SMILES string of the molecule is CCC(C)OC(=O)C(C)(O)C(=O)C(C)O. The van der Waals surface area contributed by atoms with E-state index in [-0.39, 0.29) is 6.10 Å². The molecule has 5 nitrogen and oxygen atoms in total. The van der Waals surface area contributed by atoms with Crippen molar-refractivity contribution in [3.8, 4) is 0 Å². The molecule has 0 spiro atoms. The lowest BCUT2D eigenvalue weighted by Gasteiger charge is -2.23. The number of aliphatic hydroxyl groups excluding tert-OH is 1. The lowest BCUT2D eigenvalue weighted by Crippen LogP contribution is -2.49. The number of Topliss-reactive ketones (excluding diaryl/α,β-unsaturated/α-hetero) is 1. The summed E-state index contributed by atoms with van der Waals surface area (Å²) in [6.07, 6.45) is -1.18. The molecule has 0 aliphatic heterocycles. The van der Waals surface area contributed by atoms with Crippen molar-refractivity contribution in [1.82, 2.24) is 0 Å². The minimum atomic E-state index is -2.28. The maximum Gasteiger partial charge on any atom is 0.346 e. The van der Waals surface area contributed by atoms with Crippen LogP contribution in [-0.2, 0) is 14.3 Å².